The van der Waals surface area contributed by atoms with Crippen molar-refractivity contribution in [2.75, 3.05) is 26.2 Å². The van der Waals surface area contributed by atoms with Crippen molar-refractivity contribution in [1.82, 2.24) is 20.5 Å². The monoisotopic (exact) mass is 374 g/mol. The third-order valence-corrected chi connectivity index (χ3v) is 4.89. The minimum absolute atomic E-state index is 0.145. The van der Waals surface area contributed by atoms with Crippen LogP contribution in [-0.2, 0) is 6.54 Å². The first kappa shape index (κ1) is 21.2. The molecule has 1 aromatic heterocycles. The van der Waals surface area contributed by atoms with Crippen molar-refractivity contribution in [1.29, 1.82) is 0 Å². The van der Waals surface area contributed by atoms with Gasteiger partial charge in [-0.2, -0.15) is 0 Å². The Morgan fingerprint density at radius 1 is 1.26 bits per heavy atom. The normalized spacial score (nSPS) is 16.4. The quantitative estimate of drug-likeness (QED) is 0.651. The number of likely N-dealkylation sites (tertiary alicyclic amines) is 1. The molecule has 6 nitrogen and oxygen atoms in total. The van der Waals surface area contributed by atoms with Gasteiger partial charge >= 0.3 is 6.03 Å². The summed E-state index contributed by atoms with van der Waals surface area (Å²) in [6, 6.07) is 4.08. The molecule has 2 rings (SSSR count). The van der Waals surface area contributed by atoms with E-state index in [4.69, 9.17) is 4.74 Å². The zero-order chi connectivity index (χ0) is 19.5. The molecule has 1 aromatic rings. The van der Waals surface area contributed by atoms with Crippen molar-refractivity contribution in [3.05, 3.63) is 36.0 Å². The lowest BCUT2D eigenvalue weighted by Crippen LogP contribution is -2.42. The highest BCUT2D eigenvalue weighted by atomic mass is 16.5. The highest BCUT2D eigenvalue weighted by molar-refractivity contribution is 5.74. The molecule has 0 radical (unpaired) electrons. The molecule has 1 unspecified atom stereocenters. The van der Waals surface area contributed by atoms with Crippen LogP contribution in [-0.4, -0.2) is 48.2 Å². The average molecular weight is 375 g/mol. The summed E-state index contributed by atoms with van der Waals surface area (Å²) >= 11 is 0. The summed E-state index contributed by atoms with van der Waals surface area (Å²) in [5.74, 6) is 1.06. The van der Waals surface area contributed by atoms with E-state index in [2.05, 4.69) is 40.4 Å². The number of ether oxygens (including phenoxy) is 1. The van der Waals surface area contributed by atoms with Crippen LogP contribution < -0.4 is 15.4 Å². The van der Waals surface area contributed by atoms with Crippen LogP contribution >= 0.6 is 0 Å². The lowest BCUT2D eigenvalue weighted by Gasteiger charge is -2.26. The molecule has 0 aromatic carbocycles. The van der Waals surface area contributed by atoms with Crippen LogP contribution in [0.5, 0.6) is 5.88 Å². The van der Waals surface area contributed by atoms with Crippen LogP contribution in [0, 0.1) is 5.92 Å². The van der Waals surface area contributed by atoms with E-state index in [9.17, 15) is 4.79 Å². The molecule has 1 aliphatic rings. The summed E-state index contributed by atoms with van der Waals surface area (Å²) in [5, 5.41) is 5.71. The molecule has 1 aliphatic heterocycles. The fraction of sp³-hybridized carbons (Fsp3) is 0.619. The van der Waals surface area contributed by atoms with Crippen molar-refractivity contribution < 1.29 is 9.53 Å². The lowest BCUT2D eigenvalue weighted by molar-refractivity contribution is 0.220. The summed E-state index contributed by atoms with van der Waals surface area (Å²) in [7, 11) is 0. The Hall–Kier alpha value is -2.08. The van der Waals surface area contributed by atoms with Gasteiger partial charge in [-0.15, -0.1) is 0 Å². The molecular formula is C21H34N4O2. The Morgan fingerprint density at radius 2 is 2.04 bits per heavy atom. The Bertz CT molecular complexity index is 598. The fourth-order valence-corrected chi connectivity index (χ4v) is 2.86. The van der Waals surface area contributed by atoms with Crippen molar-refractivity contribution in [2.45, 2.75) is 52.6 Å². The van der Waals surface area contributed by atoms with Gasteiger partial charge in [-0.3, -0.25) is 4.90 Å². The van der Waals surface area contributed by atoms with E-state index in [-0.39, 0.29) is 12.1 Å². The van der Waals surface area contributed by atoms with Gasteiger partial charge in [0, 0.05) is 31.4 Å². The number of carbonyl (C=O) groups is 1. The molecular weight excluding hydrogens is 340 g/mol. The molecule has 27 heavy (non-hydrogen) atoms. The van der Waals surface area contributed by atoms with E-state index in [1.165, 1.54) is 37.9 Å². The summed E-state index contributed by atoms with van der Waals surface area (Å²) in [6.45, 7) is 10.4. The number of hydrogen-bond donors (Lipinski definition) is 2. The standard InChI is InChI=1S/C21H34N4O2/c1-17(2)18(3)24-21(26)23-10-5-8-14-27-20-15-19(9-11-22-20)16-25-12-6-4-7-13-25/h5,8-9,11,15,17-18H,4,6-7,10,12-14,16H2,1-3H3,(H2,23,24,26). The Morgan fingerprint density at radius 3 is 2.78 bits per heavy atom. The van der Waals surface area contributed by atoms with E-state index in [1.807, 2.05) is 25.1 Å². The van der Waals surface area contributed by atoms with Gasteiger partial charge in [0.1, 0.15) is 6.61 Å². The highest BCUT2D eigenvalue weighted by Crippen LogP contribution is 2.15. The lowest BCUT2D eigenvalue weighted by atomic mass is 10.1. The van der Waals surface area contributed by atoms with Crippen molar-refractivity contribution >= 4 is 6.03 Å². The maximum atomic E-state index is 11.7. The summed E-state index contributed by atoms with van der Waals surface area (Å²) in [5.41, 5.74) is 1.24. The van der Waals surface area contributed by atoms with Gasteiger partial charge < -0.3 is 15.4 Å². The summed E-state index contributed by atoms with van der Waals surface area (Å²) in [6.07, 6.45) is 9.52. The highest BCUT2D eigenvalue weighted by Gasteiger charge is 2.11. The second kappa shape index (κ2) is 11.6. The van der Waals surface area contributed by atoms with Gasteiger partial charge in [0.25, 0.3) is 0 Å². The number of pyridine rings is 1. The maximum Gasteiger partial charge on any atom is 0.315 e. The van der Waals surface area contributed by atoms with Crippen LogP contribution in [0.4, 0.5) is 4.79 Å². The molecule has 2 N–H and O–H groups in total. The third-order valence-electron chi connectivity index (χ3n) is 4.89. The molecule has 2 amide bonds. The van der Waals surface area contributed by atoms with Crippen LogP contribution in [0.3, 0.4) is 0 Å². The molecule has 2 heterocycles. The number of nitrogens with zero attached hydrogens (tertiary/aromatic N) is 2. The van der Waals surface area contributed by atoms with Crippen LogP contribution in [0.15, 0.2) is 30.5 Å². The minimum Gasteiger partial charge on any atom is -0.473 e. The molecule has 150 valence electrons. The zero-order valence-corrected chi connectivity index (χ0v) is 16.9. The molecule has 0 saturated carbocycles. The van der Waals surface area contributed by atoms with Crippen molar-refractivity contribution in [3.63, 3.8) is 0 Å². The molecule has 0 spiro atoms. The number of piperidine rings is 1. The fourth-order valence-electron chi connectivity index (χ4n) is 2.86. The van der Waals surface area contributed by atoms with Gasteiger partial charge in [-0.1, -0.05) is 26.3 Å². The van der Waals surface area contributed by atoms with Gasteiger partial charge in [0.2, 0.25) is 5.88 Å². The number of aromatic nitrogens is 1. The van der Waals surface area contributed by atoms with Gasteiger partial charge in [-0.25, -0.2) is 9.78 Å². The van der Waals surface area contributed by atoms with Crippen LogP contribution in [0.2, 0.25) is 0 Å². The molecule has 1 atom stereocenters. The molecule has 6 heteroatoms. The number of hydrogen-bond acceptors (Lipinski definition) is 4. The van der Waals surface area contributed by atoms with E-state index < -0.39 is 0 Å². The van der Waals surface area contributed by atoms with E-state index in [1.54, 1.807) is 6.20 Å². The van der Waals surface area contributed by atoms with E-state index in [0.29, 0.717) is 24.9 Å². The Labute approximate surface area is 163 Å². The average Bonchev–Trinajstić information content (AvgIpc) is 2.65. The number of rotatable bonds is 9. The van der Waals surface area contributed by atoms with Crippen molar-refractivity contribution in [2.24, 2.45) is 5.92 Å². The maximum absolute atomic E-state index is 11.7. The zero-order valence-electron chi connectivity index (χ0n) is 16.9. The first-order chi connectivity index (χ1) is 13.0. The number of carbonyl (C=O) groups excluding carboxylic acids is 1. The molecule has 0 bridgehead atoms. The smallest absolute Gasteiger partial charge is 0.315 e. The SMILES string of the molecule is CC(C)C(C)NC(=O)NCC=CCOc1cc(CN2CCCCC2)ccn1. The Balaban J connectivity index is 1.65. The predicted octanol–water partition coefficient (Wildman–Crippen LogP) is 3.35. The van der Waals surface area contributed by atoms with Gasteiger partial charge in [0.05, 0.1) is 0 Å². The summed E-state index contributed by atoms with van der Waals surface area (Å²) in [4.78, 5) is 18.5. The first-order valence-corrected chi connectivity index (χ1v) is 10.0. The third kappa shape index (κ3) is 8.43. The second-order valence-electron chi connectivity index (χ2n) is 7.51. The first-order valence-electron chi connectivity index (χ1n) is 10.0. The van der Waals surface area contributed by atoms with Crippen LogP contribution in [0.1, 0.15) is 45.6 Å². The number of amides is 2. The number of urea groups is 1. The molecule has 0 aliphatic carbocycles. The second-order valence-corrected chi connectivity index (χ2v) is 7.51. The van der Waals surface area contributed by atoms with E-state index in [0.717, 1.165) is 6.54 Å². The minimum atomic E-state index is -0.145. The largest absolute Gasteiger partial charge is 0.473 e. The van der Waals surface area contributed by atoms with Crippen molar-refractivity contribution in [3.8, 4) is 5.88 Å². The molecule has 1 saturated heterocycles. The Kier molecular flexibility index (Phi) is 9.11. The van der Waals surface area contributed by atoms with Crippen LogP contribution in [0.25, 0.3) is 0 Å². The topological polar surface area (TPSA) is 66.5 Å². The van der Waals surface area contributed by atoms with E-state index >= 15 is 0 Å². The van der Waals surface area contributed by atoms with Gasteiger partial charge in [-0.05, 0) is 56.5 Å². The summed E-state index contributed by atoms with van der Waals surface area (Å²) < 4.78 is 5.69. The number of nitrogens with one attached hydrogen (secondary N) is 2. The van der Waals surface area contributed by atoms with Gasteiger partial charge in [0.15, 0.2) is 0 Å². The predicted molar refractivity (Wildman–Crippen MR) is 109 cm³/mol. The molecule has 1 fully saturated rings.